The van der Waals surface area contributed by atoms with Crippen molar-refractivity contribution in [1.82, 2.24) is 9.59 Å². The highest BCUT2D eigenvalue weighted by molar-refractivity contribution is 7.10. The van der Waals surface area contributed by atoms with Gasteiger partial charge >= 0.3 is 5.97 Å². The predicted molar refractivity (Wildman–Crippen MR) is 70.0 cm³/mol. The zero-order chi connectivity index (χ0) is 13.0. The molecule has 2 rings (SSSR count). The Balaban J connectivity index is 2.17. The summed E-state index contributed by atoms with van der Waals surface area (Å²) >= 11 is 1.10. The molecule has 1 aromatic heterocycles. The Labute approximate surface area is 108 Å². The molecule has 0 unspecified atom stereocenters. The third-order valence-corrected chi connectivity index (χ3v) is 2.77. The summed E-state index contributed by atoms with van der Waals surface area (Å²) < 4.78 is 8.63. The van der Waals surface area contributed by atoms with Crippen molar-refractivity contribution in [3.05, 3.63) is 30.0 Å². The average Bonchev–Trinajstić information content (AvgIpc) is 2.81. The Kier molecular flexibility index (Phi) is 3.73. The van der Waals surface area contributed by atoms with Crippen LogP contribution in [0.4, 0.5) is 16.4 Å². The van der Waals surface area contributed by atoms with E-state index in [1.54, 1.807) is 19.1 Å². The lowest BCUT2D eigenvalue weighted by Crippen LogP contribution is -2.07. The van der Waals surface area contributed by atoms with E-state index in [1.807, 2.05) is 12.1 Å². The van der Waals surface area contributed by atoms with Crippen molar-refractivity contribution in [2.75, 3.05) is 17.7 Å². The molecule has 0 bridgehead atoms. The fourth-order valence-corrected chi connectivity index (χ4v) is 1.88. The third kappa shape index (κ3) is 2.75. The fraction of sp³-hybridized carbons (Fsp3) is 0.182. The number of esters is 1. The molecule has 0 amide bonds. The number of rotatable bonds is 4. The van der Waals surface area contributed by atoms with Crippen LogP contribution in [0.2, 0.25) is 0 Å². The molecule has 0 saturated carbocycles. The summed E-state index contributed by atoms with van der Waals surface area (Å²) in [7, 11) is 0. The van der Waals surface area contributed by atoms with Gasteiger partial charge in [-0.1, -0.05) is 4.49 Å². The first kappa shape index (κ1) is 12.3. The van der Waals surface area contributed by atoms with Crippen molar-refractivity contribution in [1.29, 1.82) is 0 Å². The number of nitrogen functional groups attached to an aromatic ring is 1. The standard InChI is InChI=1S/C11H12N4O2S/c1-2-17-11(16)9-10(18-15-14-9)13-8-5-3-7(12)4-6-8/h3-6,13H,2,12H2,1H3. The molecule has 0 fully saturated rings. The average molecular weight is 264 g/mol. The lowest BCUT2D eigenvalue weighted by Gasteiger charge is -2.05. The maximum atomic E-state index is 11.6. The molecule has 0 aliphatic rings. The third-order valence-electron chi connectivity index (χ3n) is 2.13. The fourth-order valence-electron chi connectivity index (χ4n) is 1.30. The van der Waals surface area contributed by atoms with E-state index in [0.29, 0.717) is 17.3 Å². The summed E-state index contributed by atoms with van der Waals surface area (Å²) in [4.78, 5) is 11.6. The van der Waals surface area contributed by atoms with E-state index in [-0.39, 0.29) is 5.69 Å². The molecule has 1 heterocycles. The number of carbonyl (C=O) groups excluding carboxylic acids is 1. The van der Waals surface area contributed by atoms with E-state index in [2.05, 4.69) is 14.9 Å². The zero-order valence-corrected chi connectivity index (χ0v) is 10.5. The van der Waals surface area contributed by atoms with E-state index in [9.17, 15) is 4.79 Å². The van der Waals surface area contributed by atoms with Gasteiger partial charge in [-0.3, -0.25) is 0 Å². The molecule has 18 heavy (non-hydrogen) atoms. The van der Waals surface area contributed by atoms with Crippen LogP contribution in [0.5, 0.6) is 0 Å². The van der Waals surface area contributed by atoms with Crippen molar-refractivity contribution >= 4 is 33.9 Å². The normalized spacial score (nSPS) is 10.1. The Morgan fingerprint density at radius 1 is 1.44 bits per heavy atom. The van der Waals surface area contributed by atoms with Crippen LogP contribution in [0, 0.1) is 0 Å². The molecule has 7 heteroatoms. The summed E-state index contributed by atoms with van der Waals surface area (Å²) in [6.07, 6.45) is 0. The van der Waals surface area contributed by atoms with Gasteiger partial charge in [0, 0.05) is 22.9 Å². The number of hydrogen-bond donors (Lipinski definition) is 2. The summed E-state index contributed by atoms with van der Waals surface area (Å²) in [5.74, 6) is -0.482. The first-order chi connectivity index (χ1) is 8.70. The zero-order valence-electron chi connectivity index (χ0n) is 9.71. The van der Waals surface area contributed by atoms with Crippen LogP contribution in [0.25, 0.3) is 0 Å². The number of nitrogens with two attached hydrogens (primary N) is 1. The second kappa shape index (κ2) is 5.46. The van der Waals surface area contributed by atoms with Gasteiger partial charge in [-0.2, -0.15) is 0 Å². The molecular formula is C11H12N4O2S. The molecule has 0 spiro atoms. The monoisotopic (exact) mass is 264 g/mol. The minimum Gasteiger partial charge on any atom is -0.461 e. The van der Waals surface area contributed by atoms with Crippen LogP contribution in [-0.2, 0) is 4.74 Å². The number of aromatic nitrogens is 2. The van der Waals surface area contributed by atoms with Crippen LogP contribution in [0.1, 0.15) is 17.4 Å². The summed E-state index contributed by atoms with van der Waals surface area (Å²) in [6.45, 7) is 2.04. The first-order valence-corrected chi connectivity index (χ1v) is 6.10. The van der Waals surface area contributed by atoms with Crippen LogP contribution < -0.4 is 11.1 Å². The molecular weight excluding hydrogens is 252 g/mol. The number of nitrogens with zero attached hydrogens (tertiary/aromatic N) is 2. The van der Waals surface area contributed by atoms with Crippen LogP contribution >= 0.6 is 11.5 Å². The van der Waals surface area contributed by atoms with Gasteiger partial charge in [0.15, 0.2) is 0 Å². The molecule has 0 aliphatic heterocycles. The maximum Gasteiger partial charge on any atom is 0.362 e. The highest BCUT2D eigenvalue weighted by Crippen LogP contribution is 2.24. The van der Waals surface area contributed by atoms with Crippen molar-refractivity contribution in [3.63, 3.8) is 0 Å². The lowest BCUT2D eigenvalue weighted by atomic mass is 10.3. The molecule has 0 aliphatic carbocycles. The maximum absolute atomic E-state index is 11.6. The molecule has 0 saturated heterocycles. The number of ether oxygens (including phenoxy) is 1. The van der Waals surface area contributed by atoms with E-state index in [1.165, 1.54) is 0 Å². The van der Waals surface area contributed by atoms with Crippen molar-refractivity contribution in [2.24, 2.45) is 0 Å². The van der Waals surface area contributed by atoms with Crippen LogP contribution in [-0.4, -0.2) is 22.2 Å². The number of benzene rings is 1. The molecule has 2 aromatic rings. The van der Waals surface area contributed by atoms with Gasteiger partial charge in [-0.25, -0.2) is 4.79 Å². The van der Waals surface area contributed by atoms with Gasteiger partial charge in [0.1, 0.15) is 5.00 Å². The minimum absolute atomic E-state index is 0.193. The van der Waals surface area contributed by atoms with Gasteiger partial charge in [0.25, 0.3) is 0 Å². The summed E-state index contributed by atoms with van der Waals surface area (Å²) in [6, 6.07) is 7.15. The molecule has 3 N–H and O–H groups in total. The Bertz CT molecular complexity index is 538. The molecule has 1 aromatic carbocycles. The predicted octanol–water partition coefficient (Wildman–Crippen LogP) is 2.04. The van der Waals surface area contributed by atoms with Crippen molar-refractivity contribution in [3.8, 4) is 0 Å². The van der Waals surface area contributed by atoms with E-state index in [0.717, 1.165) is 17.2 Å². The smallest absolute Gasteiger partial charge is 0.362 e. The highest BCUT2D eigenvalue weighted by Gasteiger charge is 2.17. The van der Waals surface area contributed by atoms with Gasteiger partial charge in [-0.05, 0) is 31.2 Å². The second-order valence-electron chi connectivity index (χ2n) is 3.42. The van der Waals surface area contributed by atoms with Crippen LogP contribution in [0.3, 0.4) is 0 Å². The lowest BCUT2D eigenvalue weighted by molar-refractivity contribution is 0.0520. The Morgan fingerprint density at radius 3 is 2.83 bits per heavy atom. The number of hydrogen-bond acceptors (Lipinski definition) is 7. The number of carbonyl (C=O) groups is 1. The second-order valence-corrected chi connectivity index (χ2v) is 4.17. The molecule has 0 atom stereocenters. The molecule has 6 nitrogen and oxygen atoms in total. The summed E-state index contributed by atoms with van der Waals surface area (Å²) in [5, 5.41) is 7.37. The van der Waals surface area contributed by atoms with Crippen LogP contribution in [0.15, 0.2) is 24.3 Å². The molecule has 94 valence electrons. The summed E-state index contributed by atoms with van der Waals surface area (Å²) in [5.41, 5.74) is 7.27. The largest absolute Gasteiger partial charge is 0.461 e. The van der Waals surface area contributed by atoms with Crippen molar-refractivity contribution in [2.45, 2.75) is 6.92 Å². The van der Waals surface area contributed by atoms with E-state index < -0.39 is 5.97 Å². The van der Waals surface area contributed by atoms with E-state index >= 15 is 0 Å². The quantitative estimate of drug-likeness (QED) is 0.648. The number of nitrogens with one attached hydrogen (secondary N) is 1. The molecule has 0 radical (unpaired) electrons. The van der Waals surface area contributed by atoms with E-state index in [4.69, 9.17) is 10.5 Å². The first-order valence-electron chi connectivity index (χ1n) is 5.32. The van der Waals surface area contributed by atoms with Gasteiger partial charge in [0.2, 0.25) is 5.69 Å². The van der Waals surface area contributed by atoms with Gasteiger partial charge in [0.05, 0.1) is 6.61 Å². The number of anilines is 3. The SMILES string of the molecule is CCOC(=O)c1nnsc1Nc1ccc(N)cc1. The topological polar surface area (TPSA) is 90.1 Å². The highest BCUT2D eigenvalue weighted by atomic mass is 32.1. The van der Waals surface area contributed by atoms with Crippen molar-refractivity contribution < 1.29 is 9.53 Å². The Morgan fingerprint density at radius 2 is 2.17 bits per heavy atom. The van der Waals surface area contributed by atoms with Gasteiger partial charge < -0.3 is 15.8 Å². The van der Waals surface area contributed by atoms with Gasteiger partial charge in [-0.15, -0.1) is 5.10 Å². The Hall–Kier alpha value is -2.15. The minimum atomic E-state index is -0.482.